The summed E-state index contributed by atoms with van der Waals surface area (Å²) in [6.45, 7) is 7.16. The Hall–Kier alpha value is -5.75. The Bertz CT molecular complexity index is 2510. The normalized spacial score (nSPS) is 18.6. The zero-order valence-corrected chi connectivity index (χ0v) is 31.0. The molecule has 6 nitrogen and oxygen atoms in total. The molecule has 1 fully saturated rings. The second-order valence-electron chi connectivity index (χ2n) is 14.6. The van der Waals surface area contributed by atoms with Gasteiger partial charge in [0.25, 0.3) is 0 Å². The molecule has 290 valence electrons. The molecule has 1 aromatic heterocycles. The highest BCUT2D eigenvalue weighted by atomic mass is 19.4. The summed E-state index contributed by atoms with van der Waals surface area (Å²) in [5.74, 6) is -3.91. The van der Waals surface area contributed by atoms with Gasteiger partial charge in [0, 0.05) is 51.8 Å². The Morgan fingerprint density at radius 2 is 1.26 bits per heavy atom. The minimum atomic E-state index is -5.22. The Balaban J connectivity index is 1.23. The van der Waals surface area contributed by atoms with Gasteiger partial charge in [0.1, 0.15) is 5.75 Å². The Labute approximate surface area is 324 Å². The first-order valence-electron chi connectivity index (χ1n) is 18.9. The van der Waals surface area contributed by atoms with E-state index < -0.39 is 35.4 Å². The van der Waals surface area contributed by atoms with Crippen molar-refractivity contribution in [3.05, 3.63) is 143 Å². The summed E-state index contributed by atoms with van der Waals surface area (Å²) in [5, 5.41) is 1.98. The van der Waals surface area contributed by atoms with E-state index in [2.05, 4.69) is 76.2 Å². The standard InChI is InChI=1S/C45H36F6N4O2/c1-3-42(4-2)35-12-8-7-11-33(35)36-31-9-5-6-10-32(31)38-34(37(36)42)21-22-43(57-38,29-17-19-30(20-18-29)55-23-25-56-26-24-55)28-15-13-27(14-16-28)39-52-40(44(46,47)48)54-41(53-39)45(49,50)51/h5-22H,3-4,23-26H2,1-2H3. The van der Waals surface area contributed by atoms with Gasteiger partial charge in [-0.05, 0) is 58.7 Å². The third kappa shape index (κ3) is 5.86. The molecule has 9 rings (SSSR count). The molecule has 3 aliphatic rings. The van der Waals surface area contributed by atoms with E-state index in [4.69, 9.17) is 9.47 Å². The van der Waals surface area contributed by atoms with Crippen LogP contribution in [0.3, 0.4) is 0 Å². The summed E-state index contributed by atoms with van der Waals surface area (Å²) in [7, 11) is 0. The van der Waals surface area contributed by atoms with E-state index in [0.29, 0.717) is 24.5 Å². The fourth-order valence-electron chi connectivity index (χ4n) is 8.95. The van der Waals surface area contributed by atoms with Crippen molar-refractivity contribution in [1.29, 1.82) is 0 Å². The number of ether oxygens (including phenoxy) is 2. The van der Waals surface area contributed by atoms with Crippen molar-refractivity contribution in [2.24, 2.45) is 0 Å². The monoisotopic (exact) mass is 778 g/mol. The zero-order valence-electron chi connectivity index (χ0n) is 31.0. The number of hydrogen-bond acceptors (Lipinski definition) is 6. The van der Waals surface area contributed by atoms with Crippen molar-refractivity contribution in [3.63, 3.8) is 0 Å². The number of alkyl halides is 6. The number of benzene rings is 5. The van der Waals surface area contributed by atoms with E-state index in [9.17, 15) is 26.3 Å². The number of anilines is 1. The van der Waals surface area contributed by atoms with Crippen LogP contribution in [-0.4, -0.2) is 41.3 Å². The van der Waals surface area contributed by atoms with Crippen LogP contribution in [0.15, 0.2) is 103 Å². The van der Waals surface area contributed by atoms with Crippen molar-refractivity contribution in [2.75, 3.05) is 31.2 Å². The molecular formula is C45H36F6N4O2. The number of aromatic nitrogens is 3. The van der Waals surface area contributed by atoms with E-state index in [1.165, 1.54) is 34.4 Å². The summed E-state index contributed by atoms with van der Waals surface area (Å²) in [6.07, 6.45) is -4.58. The quantitative estimate of drug-likeness (QED) is 0.157. The maximum absolute atomic E-state index is 13.7. The Kier molecular flexibility index (Phi) is 8.69. The van der Waals surface area contributed by atoms with Crippen LogP contribution in [0.2, 0.25) is 0 Å². The summed E-state index contributed by atoms with van der Waals surface area (Å²) < 4.78 is 95.0. The molecule has 0 radical (unpaired) electrons. The van der Waals surface area contributed by atoms with E-state index >= 15 is 0 Å². The van der Waals surface area contributed by atoms with Gasteiger partial charge in [-0.1, -0.05) is 105 Å². The van der Waals surface area contributed by atoms with Gasteiger partial charge < -0.3 is 14.4 Å². The van der Waals surface area contributed by atoms with Crippen molar-refractivity contribution >= 4 is 22.5 Å². The van der Waals surface area contributed by atoms with Crippen LogP contribution < -0.4 is 9.64 Å². The molecule has 1 aliphatic carbocycles. The van der Waals surface area contributed by atoms with E-state index in [0.717, 1.165) is 53.5 Å². The van der Waals surface area contributed by atoms with Gasteiger partial charge in [0.05, 0.1) is 13.2 Å². The Morgan fingerprint density at radius 3 is 1.88 bits per heavy atom. The third-order valence-electron chi connectivity index (χ3n) is 11.7. The average Bonchev–Trinajstić information content (AvgIpc) is 3.54. The van der Waals surface area contributed by atoms with Crippen LogP contribution in [-0.2, 0) is 28.1 Å². The Morgan fingerprint density at radius 1 is 0.684 bits per heavy atom. The van der Waals surface area contributed by atoms with Gasteiger partial charge in [-0.2, -0.15) is 26.3 Å². The average molecular weight is 779 g/mol. The fourth-order valence-corrected chi connectivity index (χ4v) is 8.95. The lowest BCUT2D eigenvalue weighted by molar-refractivity contribution is -0.155. The minimum Gasteiger partial charge on any atom is -0.472 e. The topological polar surface area (TPSA) is 60.4 Å². The molecule has 0 spiro atoms. The third-order valence-corrected chi connectivity index (χ3v) is 11.7. The van der Waals surface area contributed by atoms with Crippen molar-refractivity contribution in [3.8, 4) is 28.3 Å². The molecule has 1 saturated heterocycles. The van der Waals surface area contributed by atoms with Crippen LogP contribution in [0.5, 0.6) is 5.75 Å². The molecule has 1 atom stereocenters. The van der Waals surface area contributed by atoms with Gasteiger partial charge >= 0.3 is 12.4 Å². The van der Waals surface area contributed by atoms with Gasteiger partial charge in [-0.25, -0.2) is 15.0 Å². The number of rotatable bonds is 6. The van der Waals surface area contributed by atoms with E-state index in [1.807, 2.05) is 42.5 Å². The number of morpholine rings is 1. The lowest BCUT2D eigenvalue weighted by Gasteiger charge is -2.39. The predicted molar refractivity (Wildman–Crippen MR) is 206 cm³/mol. The van der Waals surface area contributed by atoms with Crippen LogP contribution in [0.25, 0.3) is 39.4 Å². The number of nitrogens with zero attached hydrogens (tertiary/aromatic N) is 4. The first kappa shape index (κ1) is 36.9. The number of hydrogen-bond donors (Lipinski definition) is 0. The summed E-state index contributed by atoms with van der Waals surface area (Å²) in [4.78, 5) is 11.7. The molecule has 6 aromatic rings. The molecule has 2 aliphatic heterocycles. The molecule has 3 heterocycles. The fraction of sp³-hybridized carbons (Fsp3) is 0.267. The van der Waals surface area contributed by atoms with Gasteiger partial charge in [-0.15, -0.1) is 0 Å². The number of fused-ring (bicyclic) bond motifs is 8. The predicted octanol–water partition coefficient (Wildman–Crippen LogP) is 11.0. The van der Waals surface area contributed by atoms with Gasteiger partial charge in [-0.3, -0.25) is 0 Å². The molecule has 12 heteroatoms. The highest BCUT2D eigenvalue weighted by molar-refractivity contribution is 6.08. The lowest BCUT2D eigenvalue weighted by atomic mass is 9.71. The SMILES string of the molecule is CCC1(CC)c2ccccc2-c2c1c1c(c3ccccc23)OC(c2ccc(-c3nc(C(F)(F)F)nc(C(F)(F)F)n3)cc2)(c2ccc(N3CCOCC3)cc2)C=C1. The second kappa shape index (κ2) is 13.4. The zero-order chi connectivity index (χ0) is 39.7. The van der Waals surface area contributed by atoms with Crippen molar-refractivity contribution in [2.45, 2.75) is 50.1 Å². The number of halogens is 6. The van der Waals surface area contributed by atoms with Crippen LogP contribution in [0.4, 0.5) is 32.0 Å². The second-order valence-corrected chi connectivity index (χ2v) is 14.6. The molecular weight excluding hydrogens is 743 g/mol. The highest BCUT2D eigenvalue weighted by Gasteiger charge is 2.47. The molecule has 1 unspecified atom stereocenters. The largest absolute Gasteiger partial charge is 0.472 e. The first-order chi connectivity index (χ1) is 27.4. The van der Waals surface area contributed by atoms with E-state index in [-0.39, 0.29) is 11.0 Å². The van der Waals surface area contributed by atoms with Crippen LogP contribution in [0, 0.1) is 0 Å². The van der Waals surface area contributed by atoms with Crippen LogP contribution in [0.1, 0.15) is 66.2 Å². The first-order valence-corrected chi connectivity index (χ1v) is 18.9. The molecule has 57 heavy (non-hydrogen) atoms. The summed E-state index contributed by atoms with van der Waals surface area (Å²) in [5.41, 5.74) is 6.67. The lowest BCUT2D eigenvalue weighted by Crippen LogP contribution is -2.37. The molecule has 0 amide bonds. The van der Waals surface area contributed by atoms with Gasteiger partial charge in [0.2, 0.25) is 11.6 Å². The van der Waals surface area contributed by atoms with Crippen molar-refractivity contribution in [1.82, 2.24) is 15.0 Å². The highest BCUT2D eigenvalue weighted by Crippen LogP contribution is 2.60. The minimum absolute atomic E-state index is 0.0492. The summed E-state index contributed by atoms with van der Waals surface area (Å²) >= 11 is 0. The van der Waals surface area contributed by atoms with E-state index in [1.54, 1.807) is 12.1 Å². The molecule has 0 saturated carbocycles. The summed E-state index contributed by atoms with van der Waals surface area (Å²) in [6, 6.07) is 30.9. The van der Waals surface area contributed by atoms with Gasteiger partial charge in [0.15, 0.2) is 11.4 Å². The molecule has 0 bridgehead atoms. The van der Waals surface area contributed by atoms with Crippen molar-refractivity contribution < 1.29 is 35.8 Å². The molecule has 0 N–H and O–H groups in total. The molecule has 5 aromatic carbocycles. The smallest absolute Gasteiger partial charge is 0.451 e. The van der Waals surface area contributed by atoms with Crippen LogP contribution >= 0.6 is 0 Å². The maximum Gasteiger partial charge on any atom is 0.451 e. The maximum atomic E-state index is 13.7.